The topological polar surface area (TPSA) is 17.1 Å². The Morgan fingerprint density at radius 3 is 2.86 bits per heavy atom. The van der Waals surface area contributed by atoms with Crippen LogP contribution >= 0.6 is 0 Å². The predicted octanol–water partition coefficient (Wildman–Crippen LogP) is 5.77. The van der Waals surface area contributed by atoms with Crippen molar-refractivity contribution in [3.05, 3.63) is 34.9 Å². The van der Waals surface area contributed by atoms with Gasteiger partial charge in [0.1, 0.15) is 6.29 Å². The largest absolute Gasteiger partial charge is 0.298 e. The second kappa shape index (κ2) is 7.77. The van der Waals surface area contributed by atoms with E-state index in [9.17, 15) is 4.79 Å². The van der Waals surface area contributed by atoms with Crippen molar-refractivity contribution in [2.45, 2.75) is 71.6 Å². The first-order chi connectivity index (χ1) is 10.1. The summed E-state index contributed by atoms with van der Waals surface area (Å²) in [6.45, 7) is 8.52. The van der Waals surface area contributed by atoms with Crippen molar-refractivity contribution in [1.82, 2.24) is 0 Å². The van der Waals surface area contributed by atoms with Gasteiger partial charge < -0.3 is 0 Å². The number of rotatable bonds is 7. The Kier molecular flexibility index (Phi) is 6.02. The van der Waals surface area contributed by atoms with Gasteiger partial charge in [-0.2, -0.15) is 0 Å². The number of allylic oxidation sites excluding steroid dienone is 5. The van der Waals surface area contributed by atoms with Crippen LogP contribution in [0.3, 0.4) is 0 Å². The molecule has 0 N–H and O–H groups in total. The second-order valence-electron chi connectivity index (χ2n) is 7.20. The minimum Gasteiger partial charge on any atom is -0.298 e. The quantitative estimate of drug-likeness (QED) is 0.329. The molecule has 0 heterocycles. The zero-order valence-electron chi connectivity index (χ0n) is 13.8. The van der Waals surface area contributed by atoms with E-state index < -0.39 is 0 Å². The number of carbonyl (C=O) groups excluding carboxylic acids is 1. The lowest BCUT2D eigenvalue weighted by Gasteiger charge is -2.29. The van der Waals surface area contributed by atoms with Crippen LogP contribution in [0, 0.1) is 11.8 Å². The standard InChI is InChI=1S/C20H30O/c1-15(2)6-4-5-7-17-8-9-20-13-18(16(3)14-21)10-11-19(20)12-17/h12,14-15,18H,3-11,13H2,1-2H3. The predicted molar refractivity (Wildman–Crippen MR) is 90.2 cm³/mol. The number of aldehydes is 1. The molecule has 1 nitrogen and oxygen atoms in total. The second-order valence-corrected chi connectivity index (χ2v) is 7.20. The molecule has 0 aliphatic heterocycles. The minimum atomic E-state index is 0.405. The summed E-state index contributed by atoms with van der Waals surface area (Å²) >= 11 is 0. The van der Waals surface area contributed by atoms with Crippen molar-refractivity contribution in [3.63, 3.8) is 0 Å². The van der Waals surface area contributed by atoms with Gasteiger partial charge in [-0.25, -0.2) is 0 Å². The highest BCUT2D eigenvalue weighted by Crippen LogP contribution is 2.39. The smallest absolute Gasteiger partial charge is 0.145 e. The first-order valence-corrected chi connectivity index (χ1v) is 8.64. The number of hydrogen-bond acceptors (Lipinski definition) is 1. The van der Waals surface area contributed by atoms with Crippen molar-refractivity contribution < 1.29 is 4.79 Å². The number of unbranched alkanes of at least 4 members (excludes halogenated alkanes) is 1. The van der Waals surface area contributed by atoms with Crippen LogP contribution in [0.25, 0.3) is 0 Å². The molecule has 0 aromatic heterocycles. The molecule has 1 atom stereocenters. The van der Waals surface area contributed by atoms with Gasteiger partial charge in [-0.05, 0) is 67.9 Å². The van der Waals surface area contributed by atoms with E-state index in [0.29, 0.717) is 5.92 Å². The first-order valence-electron chi connectivity index (χ1n) is 8.64. The Bertz CT molecular complexity index is 450. The molecule has 0 saturated heterocycles. The van der Waals surface area contributed by atoms with Gasteiger partial charge in [-0.3, -0.25) is 4.79 Å². The molecule has 0 radical (unpaired) electrons. The molecule has 0 saturated carbocycles. The van der Waals surface area contributed by atoms with Crippen molar-refractivity contribution >= 4 is 6.29 Å². The molecule has 0 aromatic carbocycles. The molecule has 1 unspecified atom stereocenters. The maximum absolute atomic E-state index is 10.9. The van der Waals surface area contributed by atoms with Gasteiger partial charge in [0.25, 0.3) is 0 Å². The van der Waals surface area contributed by atoms with Gasteiger partial charge in [-0.15, -0.1) is 0 Å². The van der Waals surface area contributed by atoms with Crippen LogP contribution in [-0.2, 0) is 4.79 Å². The lowest BCUT2D eigenvalue weighted by Crippen LogP contribution is -2.15. The van der Waals surface area contributed by atoms with E-state index in [4.69, 9.17) is 0 Å². The third-order valence-corrected chi connectivity index (χ3v) is 5.04. The fourth-order valence-corrected chi connectivity index (χ4v) is 3.62. The monoisotopic (exact) mass is 286 g/mol. The summed E-state index contributed by atoms with van der Waals surface area (Å²) in [6.07, 6.45) is 14.6. The van der Waals surface area contributed by atoms with Crippen LogP contribution in [0.5, 0.6) is 0 Å². The van der Waals surface area contributed by atoms with E-state index in [0.717, 1.165) is 37.0 Å². The molecule has 2 aliphatic rings. The maximum Gasteiger partial charge on any atom is 0.145 e. The summed E-state index contributed by atoms with van der Waals surface area (Å²) in [6, 6.07) is 0. The Hall–Kier alpha value is -1.11. The average molecular weight is 286 g/mol. The first kappa shape index (κ1) is 16.3. The van der Waals surface area contributed by atoms with E-state index in [1.807, 2.05) is 0 Å². The van der Waals surface area contributed by atoms with Gasteiger partial charge in [0, 0.05) is 0 Å². The van der Waals surface area contributed by atoms with Gasteiger partial charge >= 0.3 is 0 Å². The molecule has 0 spiro atoms. The maximum atomic E-state index is 10.9. The third-order valence-electron chi connectivity index (χ3n) is 5.04. The van der Waals surface area contributed by atoms with E-state index in [1.54, 1.807) is 16.7 Å². The Morgan fingerprint density at radius 1 is 1.33 bits per heavy atom. The Balaban J connectivity index is 1.87. The van der Waals surface area contributed by atoms with Crippen molar-refractivity contribution in [3.8, 4) is 0 Å². The minimum absolute atomic E-state index is 0.405. The van der Waals surface area contributed by atoms with Crippen LogP contribution < -0.4 is 0 Å². The molecular weight excluding hydrogens is 256 g/mol. The Labute approximate surface area is 130 Å². The molecule has 0 amide bonds. The van der Waals surface area contributed by atoms with Crippen LogP contribution in [0.2, 0.25) is 0 Å². The van der Waals surface area contributed by atoms with Crippen LogP contribution in [0.4, 0.5) is 0 Å². The highest BCUT2D eigenvalue weighted by Gasteiger charge is 2.24. The molecule has 0 bridgehead atoms. The highest BCUT2D eigenvalue weighted by atomic mass is 16.1. The van der Waals surface area contributed by atoms with Crippen molar-refractivity contribution in [2.24, 2.45) is 11.8 Å². The lowest BCUT2D eigenvalue weighted by molar-refractivity contribution is -0.105. The summed E-state index contributed by atoms with van der Waals surface area (Å²) in [4.78, 5) is 10.9. The van der Waals surface area contributed by atoms with Crippen LogP contribution in [0.15, 0.2) is 34.9 Å². The van der Waals surface area contributed by atoms with E-state index in [-0.39, 0.29) is 0 Å². The zero-order chi connectivity index (χ0) is 15.2. The lowest BCUT2D eigenvalue weighted by atomic mass is 9.75. The summed E-state index contributed by atoms with van der Waals surface area (Å²) in [7, 11) is 0. The molecular formula is C20H30O. The normalized spacial score (nSPS) is 22.0. The molecule has 0 aromatic rings. The van der Waals surface area contributed by atoms with E-state index >= 15 is 0 Å². The van der Waals surface area contributed by atoms with Crippen molar-refractivity contribution in [2.75, 3.05) is 0 Å². The van der Waals surface area contributed by atoms with Crippen LogP contribution in [0.1, 0.15) is 71.6 Å². The van der Waals surface area contributed by atoms with Gasteiger partial charge in [0.15, 0.2) is 0 Å². The summed E-state index contributed by atoms with van der Waals surface area (Å²) in [5, 5.41) is 0. The molecule has 21 heavy (non-hydrogen) atoms. The summed E-state index contributed by atoms with van der Waals surface area (Å²) < 4.78 is 0. The number of carbonyl (C=O) groups is 1. The fourth-order valence-electron chi connectivity index (χ4n) is 3.62. The number of hydrogen-bond donors (Lipinski definition) is 0. The van der Waals surface area contributed by atoms with Gasteiger partial charge in [0.2, 0.25) is 0 Å². The molecule has 2 rings (SSSR count). The van der Waals surface area contributed by atoms with E-state index in [2.05, 4.69) is 26.5 Å². The van der Waals surface area contributed by atoms with Crippen LogP contribution in [-0.4, -0.2) is 6.29 Å². The molecule has 2 aliphatic carbocycles. The van der Waals surface area contributed by atoms with Gasteiger partial charge in [0.05, 0.1) is 0 Å². The highest BCUT2D eigenvalue weighted by molar-refractivity contribution is 5.73. The summed E-state index contributed by atoms with van der Waals surface area (Å²) in [5.41, 5.74) is 5.63. The molecule has 1 heteroatoms. The summed E-state index contributed by atoms with van der Waals surface area (Å²) in [5.74, 6) is 1.24. The Morgan fingerprint density at radius 2 is 2.14 bits per heavy atom. The van der Waals surface area contributed by atoms with Gasteiger partial charge in [-0.1, -0.05) is 50.5 Å². The third kappa shape index (κ3) is 4.69. The average Bonchev–Trinajstić information content (AvgIpc) is 2.50. The molecule has 0 fully saturated rings. The van der Waals surface area contributed by atoms with Crippen molar-refractivity contribution in [1.29, 1.82) is 0 Å². The fraction of sp³-hybridized carbons (Fsp3) is 0.650. The SMILES string of the molecule is C=C(C=O)C1CCC2=C(CCC(CCCCC(C)C)=C2)C1. The zero-order valence-corrected chi connectivity index (χ0v) is 13.8. The molecule has 116 valence electrons. The van der Waals surface area contributed by atoms with E-state index in [1.165, 1.54) is 38.5 Å².